The number of amides is 1. The van der Waals surface area contributed by atoms with Gasteiger partial charge in [0.25, 0.3) is 11.6 Å². The van der Waals surface area contributed by atoms with Crippen molar-refractivity contribution >= 4 is 57.0 Å². The van der Waals surface area contributed by atoms with Crippen molar-refractivity contribution in [2.75, 3.05) is 0 Å². The minimum Gasteiger partial charge on any atom is -0.398 e. The Kier molecular flexibility index (Phi) is 5.07. The fourth-order valence-corrected chi connectivity index (χ4v) is 3.88. The van der Waals surface area contributed by atoms with Gasteiger partial charge in [-0.05, 0) is 41.6 Å². The number of rotatable bonds is 5. The molecule has 12 nitrogen and oxygen atoms in total. The largest absolute Gasteiger partial charge is 0.433 e. The summed E-state index contributed by atoms with van der Waals surface area (Å²) in [5.74, 6) is -0.594. The van der Waals surface area contributed by atoms with Crippen LogP contribution in [0.5, 0.6) is 0 Å². The van der Waals surface area contributed by atoms with Gasteiger partial charge in [-0.25, -0.2) is 0 Å². The minimum atomic E-state index is -0.658. The van der Waals surface area contributed by atoms with E-state index in [9.17, 15) is 25.0 Å². The lowest BCUT2D eigenvalue weighted by Crippen LogP contribution is -2.19. The summed E-state index contributed by atoms with van der Waals surface area (Å²) in [4.78, 5) is 37.0. The highest BCUT2D eigenvalue weighted by Gasteiger charge is 2.25. The van der Waals surface area contributed by atoms with Crippen molar-refractivity contribution in [2.24, 2.45) is 4.99 Å². The van der Waals surface area contributed by atoms with Crippen LogP contribution in [-0.2, 0) is 4.79 Å². The van der Waals surface area contributed by atoms with E-state index >= 15 is 0 Å². The summed E-state index contributed by atoms with van der Waals surface area (Å²) in [6, 6.07) is 8.39. The molecule has 4 rings (SSSR count). The van der Waals surface area contributed by atoms with Crippen LogP contribution in [0, 0.1) is 20.2 Å². The van der Waals surface area contributed by atoms with Gasteiger partial charge in [0.15, 0.2) is 15.9 Å². The number of aromatic nitrogens is 2. The zero-order valence-corrected chi connectivity index (χ0v) is 16.2. The first kappa shape index (κ1) is 19.4. The van der Waals surface area contributed by atoms with Crippen LogP contribution in [-0.4, -0.2) is 31.1 Å². The summed E-state index contributed by atoms with van der Waals surface area (Å²) in [7, 11) is 0. The van der Waals surface area contributed by atoms with Crippen molar-refractivity contribution in [1.82, 2.24) is 15.5 Å². The molecule has 1 aliphatic rings. The molecule has 3 aromatic rings. The summed E-state index contributed by atoms with van der Waals surface area (Å²) in [5, 5.41) is 32.6. The Bertz CT molecular complexity index is 1230. The number of carbonyl (C=O) groups is 1. The van der Waals surface area contributed by atoms with Crippen LogP contribution in [0.25, 0.3) is 16.8 Å². The third kappa shape index (κ3) is 4.08. The highest BCUT2D eigenvalue weighted by molar-refractivity contribution is 8.18. The molecule has 1 N–H and O–H groups in total. The standard InChI is InChI=1S/C16H8N6O6S2/c23-13-11(7-8-1-3-9(4-2-8)21(24)25)29-15(17-13)18-16-20-19-14(30-16)10-5-6-12(28-10)22(26)27/h1-7H,(H,17,18,20,23). The normalized spacial score (nSPS) is 16.2. The molecular formula is C16H8N6O6S2. The Labute approximate surface area is 174 Å². The third-order valence-electron chi connectivity index (χ3n) is 3.65. The summed E-state index contributed by atoms with van der Waals surface area (Å²) in [5.41, 5.74) is 0.578. The number of nitrogens with zero attached hydrogens (tertiary/aromatic N) is 5. The molecular weight excluding hydrogens is 436 g/mol. The van der Waals surface area contributed by atoms with Crippen molar-refractivity contribution in [3.63, 3.8) is 0 Å². The Balaban J connectivity index is 1.50. The molecule has 0 aliphatic carbocycles. The summed E-state index contributed by atoms with van der Waals surface area (Å²) >= 11 is 2.11. The molecule has 1 aromatic carbocycles. The van der Waals surface area contributed by atoms with Gasteiger partial charge in [-0.3, -0.25) is 25.0 Å². The predicted molar refractivity (Wildman–Crippen MR) is 108 cm³/mol. The molecule has 14 heteroatoms. The van der Waals surface area contributed by atoms with Crippen molar-refractivity contribution in [3.05, 3.63) is 67.1 Å². The molecule has 0 saturated carbocycles. The van der Waals surface area contributed by atoms with Crippen LogP contribution in [0.3, 0.4) is 0 Å². The number of nitro groups is 2. The molecule has 0 atom stereocenters. The molecule has 150 valence electrons. The summed E-state index contributed by atoms with van der Waals surface area (Å²) in [6.45, 7) is 0. The van der Waals surface area contributed by atoms with Crippen LogP contribution < -0.4 is 5.32 Å². The Hall–Kier alpha value is -3.91. The van der Waals surface area contributed by atoms with Gasteiger partial charge in [-0.1, -0.05) is 11.3 Å². The average molecular weight is 444 g/mol. The van der Waals surface area contributed by atoms with Crippen molar-refractivity contribution in [3.8, 4) is 10.8 Å². The number of amidine groups is 1. The minimum absolute atomic E-state index is 0.0445. The molecule has 1 aliphatic heterocycles. The maximum atomic E-state index is 12.1. The molecule has 1 amide bonds. The number of nitrogens with one attached hydrogen (secondary N) is 1. The van der Waals surface area contributed by atoms with Gasteiger partial charge in [0.1, 0.15) is 4.92 Å². The number of carbonyl (C=O) groups excluding carboxylic acids is 1. The second kappa shape index (κ2) is 7.84. The number of thioether (sulfide) groups is 1. The number of aliphatic imine (C=N–C) groups is 1. The molecule has 0 spiro atoms. The van der Waals surface area contributed by atoms with Crippen LogP contribution in [0.4, 0.5) is 16.7 Å². The quantitative estimate of drug-likeness (QED) is 0.352. The van der Waals surface area contributed by atoms with Crippen LogP contribution >= 0.6 is 23.1 Å². The van der Waals surface area contributed by atoms with Gasteiger partial charge in [0, 0.05) is 12.1 Å². The van der Waals surface area contributed by atoms with Gasteiger partial charge in [0.2, 0.25) is 5.13 Å². The maximum absolute atomic E-state index is 12.1. The zero-order chi connectivity index (χ0) is 21.3. The van der Waals surface area contributed by atoms with Gasteiger partial charge in [-0.15, -0.1) is 10.2 Å². The smallest absolute Gasteiger partial charge is 0.398 e. The lowest BCUT2D eigenvalue weighted by Gasteiger charge is -1.95. The predicted octanol–water partition coefficient (Wildman–Crippen LogP) is 3.51. The van der Waals surface area contributed by atoms with E-state index in [1.54, 1.807) is 6.08 Å². The van der Waals surface area contributed by atoms with E-state index in [-0.39, 0.29) is 27.7 Å². The van der Waals surface area contributed by atoms with Gasteiger partial charge >= 0.3 is 5.88 Å². The number of nitro benzene ring substituents is 1. The molecule has 1 fully saturated rings. The van der Waals surface area contributed by atoms with Crippen LogP contribution in [0.1, 0.15) is 5.56 Å². The van der Waals surface area contributed by atoms with Crippen LogP contribution in [0.15, 0.2) is 50.7 Å². The fourth-order valence-electron chi connectivity index (χ4n) is 2.31. The molecule has 0 bridgehead atoms. The molecule has 1 saturated heterocycles. The van der Waals surface area contributed by atoms with Crippen molar-refractivity contribution < 1.29 is 19.1 Å². The number of furan rings is 1. The van der Waals surface area contributed by atoms with Gasteiger partial charge in [0.05, 0.1) is 15.9 Å². The molecule has 0 unspecified atom stereocenters. The van der Waals surface area contributed by atoms with E-state index in [1.807, 2.05) is 0 Å². The second-order valence-electron chi connectivity index (χ2n) is 5.62. The SMILES string of the molecule is O=C1NC(=Nc2nnc(-c3ccc([N+](=O)[O-])o3)s2)SC1=Cc1ccc([N+](=O)[O-])cc1. The third-order valence-corrected chi connectivity index (χ3v) is 5.39. The van der Waals surface area contributed by atoms with E-state index in [2.05, 4.69) is 20.5 Å². The Morgan fingerprint density at radius 2 is 1.83 bits per heavy atom. The molecule has 2 aromatic heterocycles. The van der Waals surface area contributed by atoms with Gasteiger partial charge < -0.3 is 9.73 Å². The molecule has 30 heavy (non-hydrogen) atoms. The monoisotopic (exact) mass is 444 g/mol. The van der Waals surface area contributed by atoms with Crippen LogP contribution in [0.2, 0.25) is 0 Å². The van der Waals surface area contributed by atoms with E-state index in [0.29, 0.717) is 15.5 Å². The van der Waals surface area contributed by atoms with Crippen molar-refractivity contribution in [2.45, 2.75) is 0 Å². The Morgan fingerprint density at radius 3 is 2.50 bits per heavy atom. The average Bonchev–Trinajstić information content (AvgIpc) is 3.43. The molecule has 3 heterocycles. The van der Waals surface area contributed by atoms with E-state index in [0.717, 1.165) is 23.1 Å². The number of non-ortho nitro benzene ring substituents is 1. The highest BCUT2D eigenvalue weighted by Crippen LogP contribution is 2.33. The highest BCUT2D eigenvalue weighted by atomic mass is 32.2. The lowest BCUT2D eigenvalue weighted by molar-refractivity contribution is -0.401. The summed E-state index contributed by atoms with van der Waals surface area (Å²) < 4.78 is 5.07. The van der Waals surface area contributed by atoms with E-state index in [1.165, 1.54) is 36.4 Å². The first-order chi connectivity index (χ1) is 14.4. The van der Waals surface area contributed by atoms with Crippen molar-refractivity contribution in [1.29, 1.82) is 0 Å². The fraction of sp³-hybridized carbons (Fsp3) is 0. The topological polar surface area (TPSA) is 167 Å². The number of hydrogen-bond acceptors (Lipinski definition) is 11. The zero-order valence-electron chi connectivity index (χ0n) is 14.5. The van der Waals surface area contributed by atoms with E-state index < -0.39 is 15.7 Å². The van der Waals surface area contributed by atoms with Gasteiger partial charge in [-0.2, -0.15) is 4.99 Å². The lowest BCUT2D eigenvalue weighted by atomic mass is 10.2. The molecule has 0 radical (unpaired) electrons. The first-order valence-corrected chi connectivity index (χ1v) is 9.64. The summed E-state index contributed by atoms with van der Waals surface area (Å²) in [6.07, 6.45) is 1.58. The first-order valence-electron chi connectivity index (χ1n) is 8.01. The number of hydrogen-bond donors (Lipinski definition) is 1. The maximum Gasteiger partial charge on any atom is 0.433 e. The number of benzene rings is 1. The van der Waals surface area contributed by atoms with E-state index in [4.69, 9.17) is 4.42 Å². The second-order valence-corrected chi connectivity index (χ2v) is 7.60. The Morgan fingerprint density at radius 1 is 1.07 bits per heavy atom.